The molecule has 0 radical (unpaired) electrons. The van der Waals surface area contributed by atoms with E-state index in [2.05, 4.69) is 39.5 Å². The number of benzene rings is 1. The highest BCUT2D eigenvalue weighted by Crippen LogP contribution is 2.52. The molecule has 2 aliphatic rings. The van der Waals surface area contributed by atoms with Crippen molar-refractivity contribution in [3.05, 3.63) is 29.8 Å². The van der Waals surface area contributed by atoms with Gasteiger partial charge in [-0.3, -0.25) is 4.79 Å². The van der Waals surface area contributed by atoms with Gasteiger partial charge in [-0.25, -0.2) is 4.79 Å². The van der Waals surface area contributed by atoms with E-state index in [0.29, 0.717) is 5.56 Å². The van der Waals surface area contributed by atoms with Crippen LogP contribution in [-0.4, -0.2) is 49.1 Å². The topological polar surface area (TPSA) is 49.9 Å². The van der Waals surface area contributed by atoms with Crippen molar-refractivity contribution < 1.29 is 14.3 Å². The molecule has 1 saturated heterocycles. The molecule has 1 aromatic rings. The number of amides is 1. The van der Waals surface area contributed by atoms with Crippen molar-refractivity contribution in [2.75, 3.05) is 31.1 Å². The quantitative estimate of drug-likeness (QED) is 0.690. The second-order valence-corrected chi connectivity index (χ2v) is 9.53. The van der Waals surface area contributed by atoms with Crippen molar-refractivity contribution in [3.8, 4) is 0 Å². The molecule has 1 heterocycles. The Balaban J connectivity index is 1.57. The molecule has 0 unspecified atom stereocenters. The number of nitrogens with zero attached hydrogens (tertiary/aromatic N) is 2. The summed E-state index contributed by atoms with van der Waals surface area (Å²) in [6.45, 7) is 13.5. The predicted octanol–water partition coefficient (Wildman–Crippen LogP) is 4.12. The summed E-state index contributed by atoms with van der Waals surface area (Å²) >= 11 is 0. The van der Waals surface area contributed by atoms with Gasteiger partial charge < -0.3 is 14.5 Å². The van der Waals surface area contributed by atoms with Crippen LogP contribution in [-0.2, 0) is 9.53 Å². The molecule has 154 valence electrons. The van der Waals surface area contributed by atoms with Gasteiger partial charge in [-0.1, -0.05) is 20.8 Å². The Kier molecular flexibility index (Phi) is 5.74. The van der Waals surface area contributed by atoms with Crippen molar-refractivity contribution in [1.82, 2.24) is 4.90 Å². The number of carbonyl (C=O) groups excluding carboxylic acids is 2. The molecule has 0 spiro atoms. The third-order valence-corrected chi connectivity index (χ3v) is 6.29. The third-order valence-electron chi connectivity index (χ3n) is 6.29. The van der Waals surface area contributed by atoms with Crippen molar-refractivity contribution in [3.63, 3.8) is 0 Å². The Labute approximate surface area is 169 Å². The van der Waals surface area contributed by atoms with Crippen LogP contribution in [0.1, 0.15) is 64.2 Å². The smallest absolute Gasteiger partial charge is 0.338 e. The maximum Gasteiger partial charge on any atom is 0.338 e. The van der Waals surface area contributed by atoms with Crippen LogP contribution in [0.15, 0.2) is 24.3 Å². The molecule has 2 fully saturated rings. The lowest BCUT2D eigenvalue weighted by Crippen LogP contribution is -2.39. The molecule has 5 heteroatoms. The molecule has 2 atom stereocenters. The van der Waals surface area contributed by atoms with Crippen LogP contribution in [0.5, 0.6) is 0 Å². The van der Waals surface area contributed by atoms with E-state index >= 15 is 0 Å². The Morgan fingerprint density at radius 1 is 1.11 bits per heavy atom. The van der Waals surface area contributed by atoms with Crippen molar-refractivity contribution in [2.45, 2.75) is 59.9 Å². The number of fused-ring (bicyclic) bond motifs is 2. The molecule has 3 rings (SSSR count). The summed E-state index contributed by atoms with van der Waals surface area (Å²) in [5.74, 6) is -0.507. The summed E-state index contributed by atoms with van der Waals surface area (Å²) in [6.07, 6.45) is 3.22. The maximum absolute atomic E-state index is 12.7. The van der Waals surface area contributed by atoms with Gasteiger partial charge in [0.1, 0.15) is 0 Å². The number of hydrogen-bond acceptors (Lipinski definition) is 4. The number of carbonyl (C=O) groups is 2. The molecule has 1 saturated carbocycles. The molecule has 0 aromatic heterocycles. The fourth-order valence-corrected chi connectivity index (χ4v) is 5.44. The van der Waals surface area contributed by atoms with Crippen molar-refractivity contribution in [2.24, 2.45) is 10.8 Å². The molecule has 1 aromatic carbocycles. The van der Waals surface area contributed by atoms with E-state index < -0.39 is 5.97 Å². The lowest BCUT2D eigenvalue weighted by molar-refractivity contribution is -0.135. The average Bonchev–Trinajstić information content (AvgIpc) is 2.90. The van der Waals surface area contributed by atoms with Gasteiger partial charge in [0, 0.05) is 31.4 Å². The molecule has 1 amide bonds. The highest BCUT2D eigenvalue weighted by atomic mass is 16.5. The average molecular weight is 387 g/mol. The van der Waals surface area contributed by atoms with Gasteiger partial charge in [-0.2, -0.15) is 0 Å². The lowest BCUT2D eigenvalue weighted by Gasteiger charge is -2.39. The van der Waals surface area contributed by atoms with Gasteiger partial charge in [0.2, 0.25) is 0 Å². The monoisotopic (exact) mass is 386 g/mol. The normalized spacial score (nSPS) is 25.5. The molecule has 28 heavy (non-hydrogen) atoms. The van der Waals surface area contributed by atoms with E-state index in [1.807, 2.05) is 17.0 Å². The molecular weight excluding hydrogens is 352 g/mol. The molecular formula is C23H34N2O3. The Morgan fingerprint density at radius 2 is 1.75 bits per heavy atom. The first-order valence-electron chi connectivity index (χ1n) is 10.5. The van der Waals surface area contributed by atoms with Crippen LogP contribution in [0.4, 0.5) is 5.69 Å². The Hall–Kier alpha value is -2.04. The van der Waals surface area contributed by atoms with E-state index in [-0.39, 0.29) is 29.4 Å². The van der Waals surface area contributed by atoms with E-state index in [1.165, 1.54) is 0 Å². The number of esters is 1. The van der Waals surface area contributed by atoms with Crippen LogP contribution in [0, 0.1) is 10.8 Å². The molecule has 2 bridgehead atoms. The second kappa shape index (κ2) is 7.76. The van der Waals surface area contributed by atoms with E-state index in [4.69, 9.17) is 4.74 Å². The minimum atomic E-state index is -0.437. The van der Waals surface area contributed by atoms with Gasteiger partial charge in [0.05, 0.1) is 5.56 Å². The van der Waals surface area contributed by atoms with E-state index in [9.17, 15) is 9.59 Å². The molecule has 0 N–H and O–H groups in total. The lowest BCUT2D eigenvalue weighted by atomic mass is 9.65. The number of anilines is 1. The van der Waals surface area contributed by atoms with E-state index in [1.54, 1.807) is 12.1 Å². The number of rotatable bonds is 6. The largest absolute Gasteiger partial charge is 0.452 e. The fraction of sp³-hybridized carbons (Fsp3) is 0.652. The maximum atomic E-state index is 12.7. The Morgan fingerprint density at radius 3 is 2.36 bits per heavy atom. The first kappa shape index (κ1) is 20.7. The summed E-state index contributed by atoms with van der Waals surface area (Å²) in [4.78, 5) is 29.3. The number of ether oxygens (including phenoxy) is 1. The van der Waals surface area contributed by atoms with Crippen molar-refractivity contribution >= 4 is 17.6 Å². The van der Waals surface area contributed by atoms with Crippen LogP contribution < -0.4 is 4.90 Å². The first-order chi connectivity index (χ1) is 13.2. The van der Waals surface area contributed by atoms with Gasteiger partial charge in [0.25, 0.3) is 5.91 Å². The van der Waals surface area contributed by atoms with Crippen molar-refractivity contribution in [1.29, 1.82) is 0 Å². The SMILES string of the molecule is CCN(CC)c1ccc(C(=O)OCC(=O)N2C[C@@]3(C)C[C@@H]2CC(C)(C)C3)cc1. The summed E-state index contributed by atoms with van der Waals surface area (Å²) in [6, 6.07) is 7.67. The standard InChI is InChI=1S/C23H34N2O3/c1-6-24(7-2)18-10-8-17(9-11-18)21(27)28-14-20(26)25-16-23(5)13-19(25)12-22(3,4)15-23/h8-11,19H,6-7,12-16H2,1-5H3/t19-,23-/m0/s1. The minimum absolute atomic E-state index is 0.0699. The van der Waals surface area contributed by atoms with Gasteiger partial charge in [-0.05, 0) is 68.2 Å². The van der Waals surface area contributed by atoms with Crippen LogP contribution in [0.3, 0.4) is 0 Å². The van der Waals surface area contributed by atoms with Crippen LogP contribution in [0.25, 0.3) is 0 Å². The van der Waals surface area contributed by atoms with Gasteiger partial charge in [0.15, 0.2) is 6.61 Å². The predicted molar refractivity (Wildman–Crippen MR) is 112 cm³/mol. The minimum Gasteiger partial charge on any atom is -0.452 e. The zero-order valence-corrected chi connectivity index (χ0v) is 18.0. The third kappa shape index (κ3) is 4.34. The molecule has 1 aliphatic carbocycles. The second-order valence-electron chi connectivity index (χ2n) is 9.53. The zero-order chi connectivity index (χ0) is 20.5. The first-order valence-corrected chi connectivity index (χ1v) is 10.5. The zero-order valence-electron chi connectivity index (χ0n) is 18.0. The highest BCUT2D eigenvalue weighted by Gasteiger charge is 2.50. The number of likely N-dealkylation sites (tertiary alicyclic amines) is 1. The molecule has 5 nitrogen and oxygen atoms in total. The summed E-state index contributed by atoms with van der Waals surface area (Å²) in [7, 11) is 0. The summed E-state index contributed by atoms with van der Waals surface area (Å²) in [5, 5.41) is 0. The van der Waals surface area contributed by atoms with Crippen LogP contribution >= 0.6 is 0 Å². The van der Waals surface area contributed by atoms with E-state index in [0.717, 1.165) is 44.6 Å². The Bertz CT molecular complexity index is 724. The molecule has 1 aliphatic heterocycles. The van der Waals surface area contributed by atoms with Crippen LogP contribution in [0.2, 0.25) is 0 Å². The summed E-state index contributed by atoms with van der Waals surface area (Å²) < 4.78 is 5.34. The summed E-state index contributed by atoms with van der Waals surface area (Å²) in [5.41, 5.74) is 2.01. The fourth-order valence-electron chi connectivity index (χ4n) is 5.44. The van der Waals surface area contributed by atoms with Gasteiger partial charge in [-0.15, -0.1) is 0 Å². The van der Waals surface area contributed by atoms with Gasteiger partial charge >= 0.3 is 5.97 Å². The number of hydrogen-bond donors (Lipinski definition) is 0. The highest BCUT2D eigenvalue weighted by molar-refractivity contribution is 5.91.